The maximum atomic E-state index is 8.39. The van der Waals surface area contributed by atoms with Crippen LogP contribution >= 0.6 is 11.8 Å². The number of thioether (sulfide) groups is 1. The molecule has 1 nitrogen and oxygen atoms in total. The molecule has 0 saturated carbocycles. The van der Waals surface area contributed by atoms with Gasteiger partial charge in [0.1, 0.15) is 0 Å². The van der Waals surface area contributed by atoms with Crippen LogP contribution in [0.3, 0.4) is 0 Å². The predicted molar refractivity (Wildman–Crippen MR) is 43.8 cm³/mol. The van der Waals surface area contributed by atoms with Gasteiger partial charge in [0.25, 0.3) is 0 Å². The molecular weight excluding hydrogens is 132 g/mol. The van der Waals surface area contributed by atoms with Gasteiger partial charge in [-0.15, -0.1) is 0 Å². The summed E-state index contributed by atoms with van der Waals surface area (Å²) in [6, 6.07) is 0. The molecule has 1 N–H and O–H groups in total. The second kappa shape index (κ2) is 8.05. The van der Waals surface area contributed by atoms with Crippen molar-refractivity contribution in [2.24, 2.45) is 0 Å². The van der Waals surface area contributed by atoms with Gasteiger partial charge in [0, 0.05) is 12.4 Å². The average molecular weight is 146 g/mol. The van der Waals surface area contributed by atoms with Crippen molar-refractivity contribution in [3.63, 3.8) is 0 Å². The first-order valence-corrected chi connectivity index (χ1v) is 4.37. The van der Waals surface area contributed by atoms with Crippen LogP contribution in [-0.2, 0) is 0 Å². The van der Waals surface area contributed by atoms with Gasteiger partial charge in [-0.25, -0.2) is 0 Å². The molecule has 0 spiro atoms. The van der Waals surface area contributed by atoms with Crippen molar-refractivity contribution in [3.8, 4) is 0 Å². The Kier molecular flexibility index (Phi) is 8.09. The maximum absolute atomic E-state index is 8.39. The normalized spacial score (nSPS) is 10.9. The molecule has 9 heavy (non-hydrogen) atoms. The van der Waals surface area contributed by atoms with Crippen LogP contribution in [0, 0.1) is 0 Å². The third kappa shape index (κ3) is 8.05. The first kappa shape index (κ1) is 9.05. The molecule has 0 aliphatic rings. The van der Waals surface area contributed by atoms with Crippen LogP contribution in [0.25, 0.3) is 0 Å². The lowest BCUT2D eigenvalue weighted by molar-refractivity contribution is 0.296. The highest BCUT2D eigenvalue weighted by molar-refractivity contribution is 7.99. The van der Waals surface area contributed by atoms with E-state index >= 15 is 0 Å². The van der Waals surface area contributed by atoms with E-state index in [9.17, 15) is 0 Å². The van der Waals surface area contributed by atoms with E-state index in [2.05, 4.69) is 6.08 Å². The molecule has 0 bridgehead atoms. The van der Waals surface area contributed by atoms with Gasteiger partial charge in [0.05, 0.1) is 0 Å². The SMILES string of the molecule is CC=CCSCCCO. The smallest absolute Gasteiger partial charge is 0.0438 e. The van der Waals surface area contributed by atoms with E-state index in [1.807, 2.05) is 24.8 Å². The highest BCUT2D eigenvalue weighted by Gasteiger charge is 1.82. The van der Waals surface area contributed by atoms with Crippen LogP contribution < -0.4 is 0 Å². The molecule has 0 fully saturated rings. The quantitative estimate of drug-likeness (QED) is 0.470. The first-order chi connectivity index (χ1) is 4.41. The number of hydrogen-bond acceptors (Lipinski definition) is 2. The van der Waals surface area contributed by atoms with Crippen molar-refractivity contribution in [1.29, 1.82) is 0 Å². The minimum atomic E-state index is 0.322. The third-order valence-electron chi connectivity index (χ3n) is 0.897. The summed E-state index contributed by atoms with van der Waals surface area (Å²) in [7, 11) is 0. The van der Waals surface area contributed by atoms with Gasteiger partial charge >= 0.3 is 0 Å². The fourth-order valence-electron chi connectivity index (χ4n) is 0.414. The van der Waals surface area contributed by atoms with Gasteiger partial charge in [-0.3, -0.25) is 0 Å². The van der Waals surface area contributed by atoms with Crippen LogP contribution in [0.4, 0.5) is 0 Å². The maximum Gasteiger partial charge on any atom is 0.0438 e. The Morgan fingerprint density at radius 1 is 1.56 bits per heavy atom. The lowest BCUT2D eigenvalue weighted by Crippen LogP contribution is -1.85. The molecule has 0 aliphatic carbocycles. The largest absolute Gasteiger partial charge is 0.396 e. The number of aliphatic hydroxyl groups is 1. The van der Waals surface area contributed by atoms with Gasteiger partial charge in [-0.05, 0) is 19.1 Å². The summed E-state index contributed by atoms with van der Waals surface area (Å²) in [5.41, 5.74) is 0. The van der Waals surface area contributed by atoms with Crippen LogP contribution in [-0.4, -0.2) is 23.2 Å². The van der Waals surface area contributed by atoms with Crippen molar-refractivity contribution in [3.05, 3.63) is 12.2 Å². The van der Waals surface area contributed by atoms with E-state index < -0.39 is 0 Å². The molecule has 0 heterocycles. The Balaban J connectivity index is 2.75. The molecule has 0 amide bonds. The van der Waals surface area contributed by atoms with Gasteiger partial charge in [0.15, 0.2) is 0 Å². The van der Waals surface area contributed by atoms with Crippen LogP contribution in [0.2, 0.25) is 0 Å². The molecule has 0 aliphatic heterocycles. The van der Waals surface area contributed by atoms with Crippen molar-refractivity contribution in [2.75, 3.05) is 18.1 Å². The topological polar surface area (TPSA) is 20.2 Å². The van der Waals surface area contributed by atoms with Gasteiger partial charge in [-0.2, -0.15) is 11.8 Å². The summed E-state index contributed by atoms with van der Waals surface area (Å²) in [6.45, 7) is 2.34. The molecule has 0 aromatic rings. The minimum absolute atomic E-state index is 0.322. The van der Waals surface area contributed by atoms with Gasteiger partial charge in [-0.1, -0.05) is 12.2 Å². The third-order valence-corrected chi connectivity index (χ3v) is 1.90. The second-order valence-electron chi connectivity index (χ2n) is 1.72. The average Bonchev–Trinajstić information content (AvgIpc) is 1.89. The molecule has 54 valence electrons. The van der Waals surface area contributed by atoms with E-state index in [-0.39, 0.29) is 0 Å². The zero-order chi connectivity index (χ0) is 6.95. The molecule has 0 radical (unpaired) electrons. The zero-order valence-corrected chi connectivity index (χ0v) is 6.66. The number of aliphatic hydroxyl groups excluding tert-OH is 1. The van der Waals surface area contributed by atoms with Crippen molar-refractivity contribution < 1.29 is 5.11 Å². The lowest BCUT2D eigenvalue weighted by atomic mass is 10.5. The molecule has 0 unspecified atom stereocenters. The van der Waals surface area contributed by atoms with E-state index in [1.165, 1.54) is 0 Å². The van der Waals surface area contributed by atoms with Gasteiger partial charge in [0.2, 0.25) is 0 Å². The summed E-state index contributed by atoms with van der Waals surface area (Å²) in [6.07, 6.45) is 5.09. The minimum Gasteiger partial charge on any atom is -0.396 e. The second-order valence-corrected chi connectivity index (χ2v) is 2.87. The predicted octanol–water partition coefficient (Wildman–Crippen LogP) is 1.68. The highest BCUT2D eigenvalue weighted by Crippen LogP contribution is 2.01. The van der Waals surface area contributed by atoms with Crippen LogP contribution in [0.1, 0.15) is 13.3 Å². The Bertz CT molecular complexity index is 71.3. The fourth-order valence-corrected chi connectivity index (χ4v) is 1.24. The highest BCUT2D eigenvalue weighted by atomic mass is 32.2. The van der Waals surface area contributed by atoms with E-state index in [1.54, 1.807) is 0 Å². The number of allylic oxidation sites excluding steroid dienone is 1. The Morgan fingerprint density at radius 2 is 2.33 bits per heavy atom. The molecular formula is C7H14OS. The van der Waals surface area contributed by atoms with Crippen LogP contribution in [0.5, 0.6) is 0 Å². The molecule has 0 rings (SSSR count). The molecule has 0 atom stereocenters. The molecule has 0 aromatic carbocycles. The zero-order valence-electron chi connectivity index (χ0n) is 5.84. The number of hydrogen-bond donors (Lipinski definition) is 1. The Hall–Kier alpha value is 0.0500. The molecule has 0 aromatic heterocycles. The lowest BCUT2D eigenvalue weighted by Gasteiger charge is -1.92. The van der Waals surface area contributed by atoms with E-state index in [0.29, 0.717) is 6.61 Å². The summed E-state index contributed by atoms with van der Waals surface area (Å²) < 4.78 is 0. The summed E-state index contributed by atoms with van der Waals surface area (Å²) in [5, 5.41) is 8.39. The summed E-state index contributed by atoms with van der Waals surface area (Å²) >= 11 is 1.86. The Labute approximate surface area is 61.2 Å². The monoisotopic (exact) mass is 146 g/mol. The molecule has 0 saturated heterocycles. The van der Waals surface area contributed by atoms with Crippen molar-refractivity contribution in [2.45, 2.75) is 13.3 Å². The van der Waals surface area contributed by atoms with Crippen LogP contribution in [0.15, 0.2) is 12.2 Å². The summed E-state index contributed by atoms with van der Waals surface area (Å²) in [4.78, 5) is 0. The number of rotatable bonds is 5. The van der Waals surface area contributed by atoms with Crippen molar-refractivity contribution >= 4 is 11.8 Å². The van der Waals surface area contributed by atoms with Gasteiger partial charge < -0.3 is 5.11 Å². The van der Waals surface area contributed by atoms with E-state index in [4.69, 9.17) is 5.11 Å². The first-order valence-electron chi connectivity index (χ1n) is 3.21. The fraction of sp³-hybridized carbons (Fsp3) is 0.714. The summed E-state index contributed by atoms with van der Waals surface area (Å²) in [5.74, 6) is 2.15. The van der Waals surface area contributed by atoms with Crippen molar-refractivity contribution in [1.82, 2.24) is 0 Å². The Morgan fingerprint density at radius 3 is 2.89 bits per heavy atom. The molecule has 2 heteroatoms. The van der Waals surface area contributed by atoms with E-state index in [0.717, 1.165) is 17.9 Å². The standard InChI is InChI=1S/C7H14OS/c1-2-3-6-9-7-4-5-8/h2-3,8H,4-7H2,1H3.